The average Bonchev–Trinajstić information content (AvgIpc) is 2.43. The SMILES string of the molecule is Cc1nc(C=CCO)sc1C(=O)O. The van der Waals surface area contributed by atoms with Gasteiger partial charge in [0.1, 0.15) is 9.88 Å². The number of carbonyl (C=O) groups is 1. The fourth-order valence-corrected chi connectivity index (χ4v) is 1.68. The molecular weight excluding hydrogens is 190 g/mol. The van der Waals surface area contributed by atoms with E-state index in [1.54, 1.807) is 13.0 Å². The molecule has 5 heteroatoms. The zero-order valence-electron chi connectivity index (χ0n) is 7.02. The Labute approximate surface area is 79.2 Å². The number of thiazole rings is 1. The van der Waals surface area contributed by atoms with Crippen molar-refractivity contribution < 1.29 is 15.0 Å². The lowest BCUT2D eigenvalue weighted by Gasteiger charge is -1.84. The van der Waals surface area contributed by atoms with E-state index in [4.69, 9.17) is 10.2 Å². The first-order valence-corrected chi connectivity index (χ1v) is 4.45. The second kappa shape index (κ2) is 4.15. The first kappa shape index (κ1) is 9.88. The number of rotatable bonds is 3. The fourth-order valence-electron chi connectivity index (χ4n) is 0.841. The third-order valence-corrected chi connectivity index (χ3v) is 2.48. The number of hydrogen-bond donors (Lipinski definition) is 2. The Bertz CT molecular complexity index is 343. The Balaban J connectivity index is 2.95. The maximum absolute atomic E-state index is 10.6. The van der Waals surface area contributed by atoms with Crippen molar-refractivity contribution in [3.8, 4) is 0 Å². The summed E-state index contributed by atoms with van der Waals surface area (Å²) in [5.41, 5.74) is 0.509. The van der Waals surface area contributed by atoms with Gasteiger partial charge in [-0.1, -0.05) is 6.08 Å². The molecule has 1 heterocycles. The molecule has 70 valence electrons. The lowest BCUT2D eigenvalue weighted by Crippen LogP contribution is -1.94. The van der Waals surface area contributed by atoms with Gasteiger partial charge in [0.15, 0.2) is 0 Å². The molecule has 0 amide bonds. The molecule has 0 saturated heterocycles. The number of hydrogen-bond acceptors (Lipinski definition) is 4. The van der Waals surface area contributed by atoms with Crippen LogP contribution in [0.1, 0.15) is 20.4 Å². The van der Waals surface area contributed by atoms with Crippen molar-refractivity contribution in [3.63, 3.8) is 0 Å². The maximum Gasteiger partial charge on any atom is 0.347 e. The smallest absolute Gasteiger partial charge is 0.347 e. The summed E-state index contributed by atoms with van der Waals surface area (Å²) >= 11 is 1.10. The van der Waals surface area contributed by atoms with Crippen LogP contribution in [0.15, 0.2) is 6.08 Å². The molecule has 0 fully saturated rings. The van der Waals surface area contributed by atoms with E-state index in [-0.39, 0.29) is 11.5 Å². The molecule has 1 aromatic heterocycles. The van der Waals surface area contributed by atoms with Crippen molar-refractivity contribution in [1.82, 2.24) is 4.98 Å². The van der Waals surface area contributed by atoms with Gasteiger partial charge in [-0.3, -0.25) is 0 Å². The van der Waals surface area contributed by atoms with Crippen molar-refractivity contribution in [2.45, 2.75) is 6.92 Å². The van der Waals surface area contributed by atoms with Gasteiger partial charge in [-0.15, -0.1) is 11.3 Å². The lowest BCUT2D eigenvalue weighted by atomic mass is 10.4. The van der Waals surface area contributed by atoms with Crippen LogP contribution in [-0.4, -0.2) is 27.8 Å². The van der Waals surface area contributed by atoms with Crippen LogP contribution in [0.3, 0.4) is 0 Å². The molecule has 0 aliphatic rings. The molecule has 4 nitrogen and oxygen atoms in total. The quantitative estimate of drug-likeness (QED) is 0.766. The number of carboxylic acids is 1. The Morgan fingerprint density at radius 3 is 2.85 bits per heavy atom. The Morgan fingerprint density at radius 2 is 2.38 bits per heavy atom. The minimum Gasteiger partial charge on any atom is -0.477 e. The maximum atomic E-state index is 10.6. The summed E-state index contributed by atoms with van der Waals surface area (Å²) in [5.74, 6) is -0.960. The van der Waals surface area contributed by atoms with Gasteiger partial charge in [0.05, 0.1) is 12.3 Å². The lowest BCUT2D eigenvalue weighted by molar-refractivity contribution is 0.0701. The number of carboxylic acid groups (broad SMARTS) is 1. The van der Waals surface area contributed by atoms with E-state index in [0.29, 0.717) is 10.7 Å². The minimum atomic E-state index is -0.960. The summed E-state index contributed by atoms with van der Waals surface area (Å²) in [5, 5.41) is 17.8. The molecule has 1 rings (SSSR count). The van der Waals surface area contributed by atoms with Crippen molar-refractivity contribution in [2.24, 2.45) is 0 Å². The van der Waals surface area contributed by atoms with Gasteiger partial charge >= 0.3 is 5.97 Å². The highest BCUT2D eigenvalue weighted by atomic mass is 32.1. The second-order valence-corrected chi connectivity index (χ2v) is 3.39. The highest BCUT2D eigenvalue weighted by Gasteiger charge is 2.11. The first-order chi connectivity index (χ1) is 6.15. The molecule has 0 spiro atoms. The largest absolute Gasteiger partial charge is 0.477 e. The third-order valence-electron chi connectivity index (χ3n) is 1.37. The van der Waals surface area contributed by atoms with Crippen molar-refractivity contribution in [2.75, 3.05) is 6.61 Å². The molecule has 0 atom stereocenters. The first-order valence-electron chi connectivity index (χ1n) is 3.63. The molecule has 0 bridgehead atoms. The van der Waals surface area contributed by atoms with Crippen molar-refractivity contribution >= 4 is 23.4 Å². The molecule has 2 N–H and O–H groups in total. The monoisotopic (exact) mass is 199 g/mol. The van der Waals surface area contributed by atoms with Gasteiger partial charge in [0.25, 0.3) is 0 Å². The standard InChI is InChI=1S/C8H9NO3S/c1-5-7(8(11)12)13-6(9-5)3-2-4-10/h2-3,10H,4H2,1H3,(H,11,12). The normalized spacial score (nSPS) is 10.9. The van der Waals surface area contributed by atoms with Crippen LogP contribution >= 0.6 is 11.3 Å². The average molecular weight is 199 g/mol. The fraction of sp³-hybridized carbons (Fsp3) is 0.250. The Kier molecular flexibility index (Phi) is 3.16. The van der Waals surface area contributed by atoms with E-state index in [9.17, 15) is 4.79 Å². The summed E-state index contributed by atoms with van der Waals surface area (Å²) in [6.45, 7) is 1.58. The van der Waals surface area contributed by atoms with Crippen LogP contribution in [0, 0.1) is 6.92 Å². The van der Waals surface area contributed by atoms with Gasteiger partial charge in [0, 0.05) is 0 Å². The number of nitrogens with zero attached hydrogens (tertiary/aromatic N) is 1. The van der Waals surface area contributed by atoms with Crippen LogP contribution < -0.4 is 0 Å². The predicted octanol–water partition coefficient (Wildman–Crippen LogP) is 1.16. The number of aliphatic hydroxyl groups is 1. The number of aryl methyl sites for hydroxylation is 1. The summed E-state index contributed by atoms with van der Waals surface area (Å²) in [4.78, 5) is 14.9. The number of aliphatic hydroxyl groups excluding tert-OH is 1. The molecule has 13 heavy (non-hydrogen) atoms. The zero-order chi connectivity index (χ0) is 9.84. The van der Waals surface area contributed by atoms with Gasteiger partial charge in [-0.05, 0) is 13.0 Å². The van der Waals surface area contributed by atoms with E-state index < -0.39 is 5.97 Å². The van der Waals surface area contributed by atoms with Gasteiger partial charge < -0.3 is 10.2 Å². The van der Waals surface area contributed by atoms with Crippen molar-refractivity contribution in [3.05, 3.63) is 21.7 Å². The van der Waals surface area contributed by atoms with Gasteiger partial charge in [-0.25, -0.2) is 9.78 Å². The molecule has 0 aliphatic heterocycles. The summed E-state index contributed by atoms with van der Waals surface area (Å²) < 4.78 is 0. The number of aromatic nitrogens is 1. The van der Waals surface area contributed by atoms with Crippen LogP contribution in [0.4, 0.5) is 0 Å². The molecule has 0 saturated carbocycles. The zero-order valence-corrected chi connectivity index (χ0v) is 7.84. The minimum absolute atomic E-state index is 0.0684. The van der Waals surface area contributed by atoms with Crippen LogP contribution in [0.2, 0.25) is 0 Å². The summed E-state index contributed by atoms with van der Waals surface area (Å²) in [6, 6.07) is 0. The van der Waals surface area contributed by atoms with E-state index in [2.05, 4.69) is 4.98 Å². The van der Waals surface area contributed by atoms with Crippen molar-refractivity contribution in [1.29, 1.82) is 0 Å². The number of aromatic carboxylic acids is 1. The molecule has 1 aromatic rings. The summed E-state index contributed by atoms with van der Waals surface area (Å²) in [7, 11) is 0. The van der Waals surface area contributed by atoms with Crippen LogP contribution in [0.25, 0.3) is 6.08 Å². The van der Waals surface area contributed by atoms with Crippen LogP contribution in [0.5, 0.6) is 0 Å². The molecule has 0 unspecified atom stereocenters. The highest BCUT2D eigenvalue weighted by Crippen LogP contribution is 2.18. The van der Waals surface area contributed by atoms with Gasteiger partial charge in [-0.2, -0.15) is 0 Å². The molecular formula is C8H9NO3S. The van der Waals surface area contributed by atoms with E-state index in [1.807, 2.05) is 0 Å². The Morgan fingerprint density at radius 1 is 1.69 bits per heavy atom. The predicted molar refractivity (Wildman–Crippen MR) is 49.9 cm³/mol. The second-order valence-electron chi connectivity index (χ2n) is 2.36. The topological polar surface area (TPSA) is 70.4 Å². The highest BCUT2D eigenvalue weighted by molar-refractivity contribution is 7.14. The van der Waals surface area contributed by atoms with Gasteiger partial charge in [0.2, 0.25) is 0 Å². The Hall–Kier alpha value is -1.20. The molecule has 0 aromatic carbocycles. The third kappa shape index (κ3) is 2.37. The van der Waals surface area contributed by atoms with E-state index in [1.165, 1.54) is 6.08 Å². The van der Waals surface area contributed by atoms with E-state index >= 15 is 0 Å². The molecule has 0 aliphatic carbocycles. The van der Waals surface area contributed by atoms with E-state index in [0.717, 1.165) is 11.3 Å². The van der Waals surface area contributed by atoms with Crippen LogP contribution in [-0.2, 0) is 0 Å². The molecule has 0 radical (unpaired) electrons. The summed E-state index contributed by atoms with van der Waals surface area (Å²) in [6.07, 6.45) is 3.12.